The van der Waals surface area contributed by atoms with Crippen molar-refractivity contribution in [1.29, 1.82) is 0 Å². The molecule has 1 fully saturated rings. The SMILES string of the molecule is C=CO/C(=C\C)COC(=O)CNC(=O)NC(C(=O)N1CCC(C(C)C)C1C)C(C)(C)C.CC(C)C.CC(NC=O)C(=O)C(N)=O.CCC(C)C. The van der Waals surface area contributed by atoms with E-state index >= 15 is 0 Å². The molecule has 4 unspecified atom stereocenters. The van der Waals surface area contributed by atoms with Gasteiger partial charge in [-0.3, -0.25) is 24.0 Å². The molecule has 0 aromatic heterocycles. The van der Waals surface area contributed by atoms with Gasteiger partial charge in [-0.05, 0) is 62.4 Å². The lowest BCUT2D eigenvalue weighted by molar-refractivity contribution is -0.142. The Kier molecular flexibility index (Phi) is 27.2. The molecule has 0 radical (unpaired) electrons. The van der Waals surface area contributed by atoms with E-state index in [1.54, 1.807) is 13.0 Å². The van der Waals surface area contributed by atoms with Gasteiger partial charge in [-0.15, -0.1) is 0 Å². The predicted molar refractivity (Wildman–Crippen MR) is 198 cm³/mol. The first-order valence-electron chi connectivity index (χ1n) is 17.5. The number of nitrogens with zero attached hydrogens (tertiary/aromatic N) is 1. The minimum absolute atomic E-state index is 0.0579. The average molecular weight is 712 g/mol. The average Bonchev–Trinajstić information content (AvgIpc) is 3.41. The molecule has 290 valence electrons. The quantitative estimate of drug-likeness (QED) is 0.0830. The van der Waals surface area contributed by atoms with Crippen LogP contribution >= 0.6 is 0 Å². The van der Waals surface area contributed by atoms with Crippen LogP contribution in [-0.2, 0) is 33.4 Å². The van der Waals surface area contributed by atoms with Gasteiger partial charge in [-0.2, -0.15) is 0 Å². The van der Waals surface area contributed by atoms with Crippen LogP contribution in [0.1, 0.15) is 110 Å². The fourth-order valence-corrected chi connectivity index (χ4v) is 4.20. The van der Waals surface area contributed by atoms with Crippen molar-refractivity contribution in [3.05, 3.63) is 24.7 Å². The highest BCUT2D eigenvalue weighted by molar-refractivity contribution is 6.37. The maximum absolute atomic E-state index is 13.3. The van der Waals surface area contributed by atoms with Crippen LogP contribution in [0.2, 0.25) is 0 Å². The molecule has 0 saturated carbocycles. The molecule has 0 spiro atoms. The molecule has 0 aliphatic carbocycles. The molecule has 1 aliphatic heterocycles. The maximum atomic E-state index is 13.3. The zero-order chi connectivity index (χ0) is 39.8. The Morgan fingerprint density at radius 2 is 1.54 bits per heavy atom. The molecule has 1 heterocycles. The second kappa shape index (κ2) is 26.9. The Morgan fingerprint density at radius 1 is 1.02 bits per heavy atom. The smallest absolute Gasteiger partial charge is 0.325 e. The largest absolute Gasteiger partial charge is 0.467 e. The van der Waals surface area contributed by atoms with Crippen LogP contribution < -0.4 is 21.7 Å². The van der Waals surface area contributed by atoms with Gasteiger partial charge in [-0.1, -0.05) is 89.2 Å². The van der Waals surface area contributed by atoms with E-state index in [1.807, 2.05) is 25.7 Å². The second-order valence-electron chi connectivity index (χ2n) is 14.6. The number of ketones is 1. The van der Waals surface area contributed by atoms with E-state index in [1.165, 1.54) is 19.6 Å². The Balaban J connectivity index is -0.000000945. The van der Waals surface area contributed by atoms with Crippen LogP contribution in [0.5, 0.6) is 0 Å². The van der Waals surface area contributed by atoms with Crippen LogP contribution in [0.4, 0.5) is 4.79 Å². The number of hydrogen-bond donors (Lipinski definition) is 4. The molecule has 50 heavy (non-hydrogen) atoms. The highest BCUT2D eigenvalue weighted by Gasteiger charge is 2.42. The molecule has 0 aromatic rings. The van der Waals surface area contributed by atoms with E-state index in [2.05, 4.69) is 90.6 Å². The van der Waals surface area contributed by atoms with E-state index < -0.39 is 41.2 Å². The van der Waals surface area contributed by atoms with Crippen molar-refractivity contribution < 1.29 is 38.2 Å². The number of Topliss-reactive ketones (excluding diaryl/α,β-unsaturated/α-hetero) is 1. The summed E-state index contributed by atoms with van der Waals surface area (Å²) in [5.74, 6) is 0.534. The Morgan fingerprint density at radius 3 is 1.90 bits per heavy atom. The van der Waals surface area contributed by atoms with Gasteiger partial charge in [0.1, 0.15) is 25.0 Å². The van der Waals surface area contributed by atoms with E-state index in [-0.39, 0.29) is 25.1 Å². The Labute approximate surface area is 301 Å². The first-order valence-corrected chi connectivity index (χ1v) is 17.5. The number of carbonyl (C=O) groups excluding carboxylic acids is 6. The summed E-state index contributed by atoms with van der Waals surface area (Å²) in [5.41, 5.74) is 4.13. The van der Waals surface area contributed by atoms with Crippen molar-refractivity contribution in [3.63, 3.8) is 0 Å². The number of primary amides is 1. The normalized spacial score (nSPS) is 16.6. The monoisotopic (exact) mass is 712 g/mol. The zero-order valence-electron chi connectivity index (χ0n) is 33.3. The fourth-order valence-electron chi connectivity index (χ4n) is 4.20. The van der Waals surface area contributed by atoms with Crippen LogP contribution in [0.3, 0.4) is 0 Å². The summed E-state index contributed by atoms with van der Waals surface area (Å²) < 4.78 is 10.1. The summed E-state index contributed by atoms with van der Waals surface area (Å²) in [6.45, 7) is 32.1. The number of urea groups is 1. The topological polar surface area (TPSA) is 186 Å². The third-order valence-corrected chi connectivity index (χ3v) is 7.44. The number of likely N-dealkylation sites (tertiary alicyclic amines) is 1. The van der Waals surface area contributed by atoms with Crippen LogP contribution in [0, 0.1) is 29.1 Å². The first kappa shape index (κ1) is 50.5. The van der Waals surface area contributed by atoms with Gasteiger partial charge in [0.25, 0.3) is 5.91 Å². The summed E-state index contributed by atoms with van der Waals surface area (Å²) in [6, 6.07) is -2.01. The molecule has 1 rings (SSSR count). The Bertz CT molecular complexity index is 1080. The molecule has 13 heteroatoms. The summed E-state index contributed by atoms with van der Waals surface area (Å²) in [4.78, 5) is 69.9. The molecule has 13 nitrogen and oxygen atoms in total. The number of nitrogens with one attached hydrogen (secondary N) is 3. The van der Waals surface area contributed by atoms with Crippen molar-refractivity contribution in [2.75, 3.05) is 19.7 Å². The second-order valence-corrected chi connectivity index (χ2v) is 14.6. The molecule has 1 saturated heterocycles. The van der Waals surface area contributed by atoms with Gasteiger partial charge in [0.05, 0.1) is 12.3 Å². The van der Waals surface area contributed by atoms with E-state index in [0.717, 1.165) is 18.3 Å². The van der Waals surface area contributed by atoms with Gasteiger partial charge in [0.2, 0.25) is 18.1 Å². The van der Waals surface area contributed by atoms with Crippen LogP contribution in [-0.4, -0.2) is 78.7 Å². The Hall–Kier alpha value is -3.90. The molecule has 1 aliphatic rings. The minimum Gasteiger partial charge on any atom is -0.467 e. The lowest BCUT2D eigenvalue weighted by atomic mass is 9.85. The molecule has 0 bridgehead atoms. The van der Waals surface area contributed by atoms with Crippen LogP contribution in [0.15, 0.2) is 24.7 Å². The van der Waals surface area contributed by atoms with E-state index in [4.69, 9.17) is 9.47 Å². The fraction of sp³-hybridized carbons (Fsp3) is 0.730. The number of allylic oxidation sites excluding steroid dienone is 1. The van der Waals surface area contributed by atoms with Crippen molar-refractivity contribution in [2.24, 2.45) is 34.8 Å². The van der Waals surface area contributed by atoms with Crippen molar-refractivity contribution in [3.8, 4) is 0 Å². The highest BCUT2D eigenvalue weighted by Crippen LogP contribution is 2.32. The maximum Gasteiger partial charge on any atom is 0.325 e. The molecule has 0 aromatic carbocycles. The van der Waals surface area contributed by atoms with Gasteiger partial charge < -0.3 is 36.1 Å². The third kappa shape index (κ3) is 23.5. The van der Waals surface area contributed by atoms with Crippen molar-refractivity contribution in [2.45, 2.75) is 128 Å². The molecular weight excluding hydrogens is 642 g/mol. The first-order chi connectivity index (χ1) is 23.0. The van der Waals surface area contributed by atoms with Crippen molar-refractivity contribution >= 4 is 36.0 Å². The number of esters is 1. The van der Waals surface area contributed by atoms with Gasteiger partial charge in [-0.25, -0.2) is 4.79 Å². The standard InChI is InChI=1S/C23H39N3O5.C5H8N2O3.C5H12.C4H10/c1-9-17(30-10-2)14-31-19(27)13-24-22(29)25-20(23(6,7)8)21(28)26-12-11-18(15(3)4)16(26)5;1-3(7-2-8)4(9)5(6)10;1-4-5(2)3;1-4(2)3/h9-10,15-16,18,20H,2,11-14H2,1,3-8H3,(H2,24,25,29);2-3H,1H3,(H2,6,10)(H,7,8);5H,4H2,1-3H3;4H,1-3H3/b17-9-;;;. The summed E-state index contributed by atoms with van der Waals surface area (Å²) in [5, 5.41) is 7.31. The van der Waals surface area contributed by atoms with Crippen molar-refractivity contribution in [1.82, 2.24) is 20.9 Å². The van der Waals surface area contributed by atoms with Gasteiger partial charge in [0, 0.05) is 12.6 Å². The summed E-state index contributed by atoms with van der Waals surface area (Å²) in [7, 11) is 0. The number of carbonyl (C=O) groups is 6. The minimum atomic E-state index is -1.04. The molecule has 5 N–H and O–H groups in total. The molecule has 4 atom stereocenters. The number of hydrogen-bond acceptors (Lipinski definition) is 8. The summed E-state index contributed by atoms with van der Waals surface area (Å²) in [6.07, 6.45) is 5.50. The lowest BCUT2D eigenvalue weighted by Crippen LogP contribution is -2.57. The highest BCUT2D eigenvalue weighted by atomic mass is 16.6. The zero-order valence-corrected chi connectivity index (χ0v) is 33.3. The third-order valence-electron chi connectivity index (χ3n) is 7.44. The number of rotatable bonds is 14. The van der Waals surface area contributed by atoms with Gasteiger partial charge in [0.15, 0.2) is 0 Å². The lowest BCUT2D eigenvalue weighted by Gasteiger charge is -2.36. The van der Waals surface area contributed by atoms with E-state index in [0.29, 0.717) is 30.5 Å². The molecule has 5 amide bonds. The van der Waals surface area contributed by atoms with Crippen LogP contribution in [0.25, 0.3) is 0 Å². The predicted octanol–water partition coefficient (Wildman–Crippen LogP) is 5.09. The number of ether oxygens (including phenoxy) is 2. The van der Waals surface area contributed by atoms with E-state index in [9.17, 15) is 28.8 Å². The van der Waals surface area contributed by atoms with Gasteiger partial charge >= 0.3 is 12.0 Å². The molecular formula is C37H69N5O8. The number of amides is 5. The number of nitrogens with two attached hydrogens (primary N) is 1. The summed E-state index contributed by atoms with van der Waals surface area (Å²) >= 11 is 0.